The highest BCUT2D eigenvalue weighted by molar-refractivity contribution is 5.97. The van der Waals surface area contributed by atoms with Crippen molar-refractivity contribution in [3.05, 3.63) is 35.1 Å². The summed E-state index contributed by atoms with van der Waals surface area (Å²) in [6.45, 7) is 1.66. The van der Waals surface area contributed by atoms with Gasteiger partial charge in [0.15, 0.2) is 0 Å². The van der Waals surface area contributed by atoms with E-state index in [-0.39, 0.29) is 18.4 Å². The molecule has 108 valence electrons. The van der Waals surface area contributed by atoms with Crippen LogP contribution >= 0.6 is 0 Å². The lowest BCUT2D eigenvalue weighted by Crippen LogP contribution is -2.41. The number of nitrogens with one attached hydrogen (secondary N) is 1. The smallest absolute Gasteiger partial charge is 0.326 e. The fourth-order valence-electron chi connectivity index (χ4n) is 1.58. The lowest BCUT2D eigenvalue weighted by Gasteiger charge is -2.14. The van der Waals surface area contributed by atoms with Gasteiger partial charge in [-0.3, -0.25) is 9.59 Å². The largest absolute Gasteiger partial charge is 0.480 e. The van der Waals surface area contributed by atoms with Gasteiger partial charge in [0.05, 0.1) is 5.56 Å². The number of nitrogens with two attached hydrogens (primary N) is 1. The molecule has 20 heavy (non-hydrogen) atoms. The molecule has 0 heterocycles. The van der Waals surface area contributed by atoms with Gasteiger partial charge in [-0.15, -0.1) is 0 Å². The number of hydrogen-bond donors (Lipinski definition) is 3. The second-order valence-electron chi connectivity index (χ2n) is 4.35. The Morgan fingerprint density at radius 2 is 2.05 bits per heavy atom. The molecule has 6 nitrogen and oxygen atoms in total. The van der Waals surface area contributed by atoms with Crippen LogP contribution in [0.2, 0.25) is 0 Å². The molecule has 1 atom stereocenters. The van der Waals surface area contributed by atoms with Gasteiger partial charge in [-0.25, -0.2) is 9.18 Å². The van der Waals surface area contributed by atoms with Crippen LogP contribution in [-0.4, -0.2) is 28.9 Å². The molecule has 0 saturated carbocycles. The number of benzene rings is 1. The Kier molecular flexibility index (Phi) is 5.19. The molecule has 2 amide bonds. The molecular weight excluding hydrogens is 267 g/mol. The number of amides is 2. The molecule has 0 aliphatic heterocycles. The topological polar surface area (TPSA) is 109 Å². The van der Waals surface area contributed by atoms with Crippen LogP contribution in [0.4, 0.5) is 4.39 Å². The molecule has 0 aliphatic carbocycles. The van der Waals surface area contributed by atoms with Gasteiger partial charge in [-0.05, 0) is 31.0 Å². The quantitative estimate of drug-likeness (QED) is 0.709. The average molecular weight is 282 g/mol. The van der Waals surface area contributed by atoms with E-state index in [0.717, 1.165) is 0 Å². The summed E-state index contributed by atoms with van der Waals surface area (Å²) < 4.78 is 13.6. The molecule has 0 radical (unpaired) electrons. The third-order valence-corrected chi connectivity index (χ3v) is 2.65. The highest BCUT2D eigenvalue weighted by atomic mass is 19.1. The zero-order valence-electron chi connectivity index (χ0n) is 10.9. The van der Waals surface area contributed by atoms with Crippen molar-refractivity contribution in [1.29, 1.82) is 0 Å². The van der Waals surface area contributed by atoms with Crippen molar-refractivity contribution >= 4 is 17.8 Å². The summed E-state index contributed by atoms with van der Waals surface area (Å²) in [7, 11) is 0. The van der Waals surface area contributed by atoms with E-state index >= 15 is 0 Å². The summed E-state index contributed by atoms with van der Waals surface area (Å²) in [6, 6.07) is 2.69. The molecular formula is C13H15FN2O4. The van der Waals surface area contributed by atoms with Crippen LogP contribution in [-0.2, 0) is 9.59 Å². The lowest BCUT2D eigenvalue weighted by atomic mass is 10.1. The number of hydrogen-bond acceptors (Lipinski definition) is 3. The number of carbonyl (C=O) groups excluding carboxylic acids is 2. The normalized spacial score (nSPS) is 11.7. The van der Waals surface area contributed by atoms with Gasteiger partial charge in [0.2, 0.25) is 5.91 Å². The van der Waals surface area contributed by atoms with Crippen molar-refractivity contribution < 1.29 is 23.9 Å². The van der Waals surface area contributed by atoms with Crippen molar-refractivity contribution in [2.75, 3.05) is 0 Å². The zero-order chi connectivity index (χ0) is 15.3. The summed E-state index contributed by atoms with van der Waals surface area (Å²) >= 11 is 0. The van der Waals surface area contributed by atoms with Gasteiger partial charge >= 0.3 is 5.97 Å². The lowest BCUT2D eigenvalue weighted by molar-refractivity contribution is -0.139. The van der Waals surface area contributed by atoms with E-state index in [2.05, 4.69) is 5.32 Å². The summed E-state index contributed by atoms with van der Waals surface area (Å²) in [5, 5.41) is 11.1. The fourth-order valence-corrected chi connectivity index (χ4v) is 1.58. The molecule has 0 aliphatic rings. The third kappa shape index (κ3) is 4.34. The van der Waals surface area contributed by atoms with Crippen molar-refractivity contribution in [1.82, 2.24) is 5.32 Å². The maximum atomic E-state index is 13.6. The molecule has 1 aromatic carbocycles. The Labute approximate surface area is 114 Å². The summed E-state index contributed by atoms with van der Waals surface area (Å²) in [5.41, 5.74) is 5.31. The van der Waals surface area contributed by atoms with E-state index in [9.17, 15) is 18.8 Å². The minimum atomic E-state index is -1.31. The first-order valence-corrected chi connectivity index (χ1v) is 5.89. The van der Waals surface area contributed by atoms with Crippen LogP contribution < -0.4 is 11.1 Å². The molecule has 0 aromatic heterocycles. The number of carboxylic acid groups (broad SMARTS) is 1. The maximum Gasteiger partial charge on any atom is 0.326 e. The van der Waals surface area contributed by atoms with Gasteiger partial charge in [0.1, 0.15) is 11.9 Å². The second-order valence-corrected chi connectivity index (χ2v) is 4.35. The molecule has 0 saturated heterocycles. The van der Waals surface area contributed by atoms with Crippen molar-refractivity contribution in [3.63, 3.8) is 0 Å². The number of carbonyl (C=O) groups is 3. The van der Waals surface area contributed by atoms with Crippen molar-refractivity contribution in [2.45, 2.75) is 25.8 Å². The third-order valence-electron chi connectivity index (χ3n) is 2.65. The van der Waals surface area contributed by atoms with Gasteiger partial charge in [-0.1, -0.05) is 6.07 Å². The molecule has 7 heteroatoms. The Balaban J connectivity index is 2.80. The van der Waals surface area contributed by atoms with Gasteiger partial charge in [0, 0.05) is 6.42 Å². The highest BCUT2D eigenvalue weighted by Crippen LogP contribution is 2.10. The Morgan fingerprint density at radius 1 is 1.40 bits per heavy atom. The highest BCUT2D eigenvalue weighted by Gasteiger charge is 2.22. The van der Waals surface area contributed by atoms with E-state index in [1.165, 1.54) is 18.2 Å². The van der Waals surface area contributed by atoms with Crippen LogP contribution in [0.15, 0.2) is 18.2 Å². The molecule has 0 unspecified atom stereocenters. The monoisotopic (exact) mass is 282 g/mol. The van der Waals surface area contributed by atoms with E-state index in [1.54, 1.807) is 6.92 Å². The number of rotatable bonds is 6. The molecule has 0 fully saturated rings. The second kappa shape index (κ2) is 6.65. The van der Waals surface area contributed by atoms with E-state index < -0.39 is 29.6 Å². The van der Waals surface area contributed by atoms with Gasteiger partial charge in [-0.2, -0.15) is 0 Å². The number of aryl methyl sites for hydroxylation is 1. The minimum absolute atomic E-state index is 0.149. The van der Waals surface area contributed by atoms with E-state index in [1.807, 2.05) is 0 Å². The first kappa shape index (κ1) is 15.6. The van der Waals surface area contributed by atoms with E-state index in [4.69, 9.17) is 10.8 Å². The summed E-state index contributed by atoms with van der Waals surface area (Å²) in [6.07, 6.45) is -0.336. The average Bonchev–Trinajstić information content (AvgIpc) is 2.33. The van der Waals surface area contributed by atoms with Crippen molar-refractivity contribution in [3.8, 4) is 0 Å². The van der Waals surface area contributed by atoms with Crippen LogP contribution in [0.3, 0.4) is 0 Å². The molecule has 4 N–H and O–H groups in total. The predicted octanol–water partition coefficient (Wildman–Crippen LogP) is 0.583. The fraction of sp³-hybridized carbons (Fsp3) is 0.308. The van der Waals surface area contributed by atoms with Crippen molar-refractivity contribution in [2.24, 2.45) is 5.73 Å². The molecule has 0 bridgehead atoms. The minimum Gasteiger partial charge on any atom is -0.480 e. The summed E-state index contributed by atoms with van der Waals surface area (Å²) in [5.74, 6) is -3.57. The number of halogens is 1. The summed E-state index contributed by atoms with van der Waals surface area (Å²) in [4.78, 5) is 33.4. The van der Waals surface area contributed by atoms with Gasteiger partial charge in [0.25, 0.3) is 5.91 Å². The first-order chi connectivity index (χ1) is 9.31. The van der Waals surface area contributed by atoms with Crippen LogP contribution in [0.1, 0.15) is 28.8 Å². The number of primary amides is 1. The maximum absolute atomic E-state index is 13.6. The molecule has 0 spiro atoms. The predicted molar refractivity (Wildman–Crippen MR) is 68.5 cm³/mol. The SMILES string of the molecule is Cc1ccc(C(=O)N[C@H](CCC(N)=O)C(=O)O)c(F)c1. The Bertz CT molecular complexity index is 545. The molecule has 1 rings (SSSR count). The standard InChI is InChI=1S/C13H15FN2O4/c1-7-2-3-8(9(14)6-7)12(18)16-10(13(19)20)4-5-11(15)17/h2-3,6,10H,4-5H2,1H3,(H2,15,17)(H,16,18)(H,19,20)/t10-/m1/s1. The van der Waals surface area contributed by atoms with E-state index in [0.29, 0.717) is 5.56 Å². The van der Waals surface area contributed by atoms with Gasteiger partial charge < -0.3 is 16.2 Å². The zero-order valence-corrected chi connectivity index (χ0v) is 10.9. The van der Waals surface area contributed by atoms with Crippen LogP contribution in [0, 0.1) is 12.7 Å². The number of aliphatic carboxylic acids is 1. The molecule has 1 aromatic rings. The Morgan fingerprint density at radius 3 is 2.55 bits per heavy atom. The first-order valence-electron chi connectivity index (χ1n) is 5.89. The Hall–Kier alpha value is -2.44. The number of carboxylic acids is 1. The van der Waals surface area contributed by atoms with Crippen LogP contribution in [0.5, 0.6) is 0 Å². The van der Waals surface area contributed by atoms with Crippen LogP contribution in [0.25, 0.3) is 0 Å².